The van der Waals surface area contributed by atoms with E-state index in [2.05, 4.69) is 51.3 Å². The van der Waals surface area contributed by atoms with Crippen LogP contribution < -0.4 is 5.48 Å². The van der Waals surface area contributed by atoms with Gasteiger partial charge in [0.05, 0.1) is 24.2 Å². The summed E-state index contributed by atoms with van der Waals surface area (Å²) in [5.41, 5.74) is 8.11. The number of carbonyl (C=O) groups excluding carboxylic acids is 1. The summed E-state index contributed by atoms with van der Waals surface area (Å²) in [5, 5.41) is 8.83. The van der Waals surface area contributed by atoms with Crippen LogP contribution in [0.1, 0.15) is 15.9 Å². The Morgan fingerprint density at radius 1 is 1.00 bits per heavy atom. The molecule has 5 rings (SSSR count). The fourth-order valence-corrected chi connectivity index (χ4v) is 4.04. The zero-order valence-corrected chi connectivity index (χ0v) is 17.5. The standard InChI is InChI=1S/C25H24N4O3/c30-25(28-31)21-8-9-22-23(15-21)27-24(26-22)19-6-4-18(5-7-19)20-3-1-2-17(14-20)16-29-10-12-32-13-11-29/h1-9,14-15,31H,10-13,16H2,(H,26,27)(H,28,30). The Balaban J connectivity index is 1.36. The second kappa shape index (κ2) is 8.92. The van der Waals surface area contributed by atoms with Gasteiger partial charge in [-0.3, -0.25) is 14.9 Å². The first kappa shape index (κ1) is 20.4. The van der Waals surface area contributed by atoms with E-state index in [1.807, 2.05) is 12.1 Å². The maximum atomic E-state index is 11.6. The number of hydrogen-bond acceptors (Lipinski definition) is 5. The molecule has 0 bridgehead atoms. The van der Waals surface area contributed by atoms with Crippen molar-refractivity contribution >= 4 is 16.9 Å². The van der Waals surface area contributed by atoms with Gasteiger partial charge in [0.25, 0.3) is 5.91 Å². The maximum absolute atomic E-state index is 11.6. The topological polar surface area (TPSA) is 90.5 Å². The predicted octanol–water partition coefficient (Wildman–Crippen LogP) is 3.85. The molecule has 3 aromatic carbocycles. The molecule has 1 aliphatic rings. The average molecular weight is 428 g/mol. The molecule has 7 nitrogen and oxygen atoms in total. The Morgan fingerprint density at radius 3 is 2.56 bits per heavy atom. The first-order chi connectivity index (χ1) is 15.7. The van der Waals surface area contributed by atoms with Crippen molar-refractivity contribution in [3.63, 3.8) is 0 Å². The number of aromatic nitrogens is 2. The van der Waals surface area contributed by atoms with Crippen molar-refractivity contribution in [1.29, 1.82) is 0 Å². The molecule has 162 valence electrons. The summed E-state index contributed by atoms with van der Waals surface area (Å²) in [4.78, 5) is 21.9. The van der Waals surface area contributed by atoms with Gasteiger partial charge in [0, 0.05) is 30.8 Å². The molecule has 3 N–H and O–H groups in total. The smallest absolute Gasteiger partial charge is 0.274 e. The number of nitrogens with zero attached hydrogens (tertiary/aromatic N) is 2. The van der Waals surface area contributed by atoms with Crippen LogP contribution in [0.3, 0.4) is 0 Å². The van der Waals surface area contributed by atoms with Crippen LogP contribution in [0, 0.1) is 0 Å². The highest BCUT2D eigenvalue weighted by Crippen LogP contribution is 2.26. The zero-order valence-electron chi connectivity index (χ0n) is 17.5. The molecule has 0 atom stereocenters. The van der Waals surface area contributed by atoms with Gasteiger partial charge in [-0.15, -0.1) is 0 Å². The van der Waals surface area contributed by atoms with Crippen molar-refractivity contribution in [2.75, 3.05) is 26.3 Å². The molecule has 1 saturated heterocycles. The lowest BCUT2D eigenvalue weighted by molar-refractivity contribution is 0.0342. The minimum Gasteiger partial charge on any atom is -0.379 e. The van der Waals surface area contributed by atoms with E-state index in [9.17, 15) is 4.79 Å². The zero-order chi connectivity index (χ0) is 21.9. The molecular weight excluding hydrogens is 404 g/mol. The molecule has 32 heavy (non-hydrogen) atoms. The molecule has 7 heteroatoms. The molecule has 0 unspecified atom stereocenters. The van der Waals surface area contributed by atoms with Crippen LogP contribution >= 0.6 is 0 Å². The number of fused-ring (bicyclic) bond motifs is 1. The number of nitrogens with one attached hydrogen (secondary N) is 2. The third-order valence-electron chi connectivity index (χ3n) is 5.77. The van der Waals surface area contributed by atoms with Gasteiger partial charge >= 0.3 is 0 Å². The van der Waals surface area contributed by atoms with Gasteiger partial charge in [0.15, 0.2) is 0 Å². The summed E-state index contributed by atoms with van der Waals surface area (Å²) >= 11 is 0. The Labute approximate surface area is 185 Å². The minimum atomic E-state index is -0.553. The highest BCUT2D eigenvalue weighted by molar-refractivity contribution is 5.97. The monoisotopic (exact) mass is 428 g/mol. The third kappa shape index (κ3) is 4.27. The minimum absolute atomic E-state index is 0.363. The number of carbonyl (C=O) groups is 1. The van der Waals surface area contributed by atoms with Gasteiger partial charge < -0.3 is 9.72 Å². The Hall–Kier alpha value is -3.52. The fourth-order valence-electron chi connectivity index (χ4n) is 4.04. The number of amides is 1. The normalized spacial score (nSPS) is 14.5. The number of ether oxygens (including phenoxy) is 1. The van der Waals surface area contributed by atoms with Crippen molar-refractivity contribution in [2.24, 2.45) is 0 Å². The van der Waals surface area contributed by atoms with E-state index in [0.29, 0.717) is 5.56 Å². The Bertz CT molecular complexity index is 1240. The van der Waals surface area contributed by atoms with E-state index in [1.165, 1.54) is 11.1 Å². The summed E-state index contributed by atoms with van der Waals surface area (Å²) in [6.07, 6.45) is 0. The molecule has 1 fully saturated rings. The van der Waals surface area contributed by atoms with E-state index in [-0.39, 0.29) is 0 Å². The molecule has 1 aromatic heterocycles. The van der Waals surface area contributed by atoms with Gasteiger partial charge in [0.2, 0.25) is 0 Å². The Kier molecular flexibility index (Phi) is 5.68. The second-order valence-corrected chi connectivity index (χ2v) is 7.92. The van der Waals surface area contributed by atoms with Gasteiger partial charge in [0.1, 0.15) is 5.82 Å². The van der Waals surface area contributed by atoms with Crippen LogP contribution in [-0.2, 0) is 11.3 Å². The van der Waals surface area contributed by atoms with Crippen LogP contribution in [0.15, 0.2) is 66.7 Å². The van der Waals surface area contributed by atoms with Crippen molar-refractivity contribution in [2.45, 2.75) is 6.54 Å². The van der Waals surface area contributed by atoms with Gasteiger partial charge in [-0.1, -0.05) is 42.5 Å². The molecule has 2 heterocycles. The van der Waals surface area contributed by atoms with Crippen LogP contribution in [0.5, 0.6) is 0 Å². The fraction of sp³-hybridized carbons (Fsp3) is 0.200. The maximum Gasteiger partial charge on any atom is 0.274 e. The number of hydroxylamine groups is 1. The summed E-state index contributed by atoms with van der Waals surface area (Å²) in [6.45, 7) is 4.49. The van der Waals surface area contributed by atoms with Crippen molar-refractivity contribution < 1.29 is 14.7 Å². The summed E-state index contributed by atoms with van der Waals surface area (Å²) in [7, 11) is 0. The van der Waals surface area contributed by atoms with Gasteiger partial charge in [-0.05, 0) is 41.0 Å². The molecule has 0 aliphatic carbocycles. The lowest BCUT2D eigenvalue weighted by Gasteiger charge is -2.26. The first-order valence-corrected chi connectivity index (χ1v) is 10.6. The van der Waals surface area contributed by atoms with Crippen molar-refractivity contribution in [3.05, 3.63) is 77.9 Å². The lowest BCUT2D eigenvalue weighted by Crippen LogP contribution is -2.35. The molecular formula is C25H24N4O3. The van der Waals surface area contributed by atoms with Crippen LogP contribution in [0.2, 0.25) is 0 Å². The SMILES string of the molecule is O=C(NO)c1ccc2nc(-c3ccc(-c4cccc(CN5CCOCC5)c4)cc3)[nH]c2c1. The predicted molar refractivity (Wildman–Crippen MR) is 122 cm³/mol. The number of hydrogen-bond donors (Lipinski definition) is 3. The van der Waals surface area contributed by atoms with E-state index in [4.69, 9.17) is 9.94 Å². The van der Waals surface area contributed by atoms with Gasteiger partial charge in [-0.2, -0.15) is 0 Å². The van der Waals surface area contributed by atoms with E-state index < -0.39 is 5.91 Å². The molecule has 4 aromatic rings. The quantitative estimate of drug-likeness (QED) is 0.332. The lowest BCUT2D eigenvalue weighted by atomic mass is 10.0. The van der Waals surface area contributed by atoms with E-state index in [1.54, 1.807) is 23.7 Å². The second-order valence-electron chi connectivity index (χ2n) is 7.92. The largest absolute Gasteiger partial charge is 0.379 e. The number of benzene rings is 3. The number of H-pyrrole nitrogens is 1. The average Bonchev–Trinajstić information content (AvgIpc) is 3.28. The van der Waals surface area contributed by atoms with Crippen LogP contribution in [0.25, 0.3) is 33.5 Å². The Morgan fingerprint density at radius 2 is 1.78 bits per heavy atom. The number of aromatic amines is 1. The van der Waals surface area contributed by atoms with Crippen LogP contribution in [0.4, 0.5) is 0 Å². The van der Waals surface area contributed by atoms with Gasteiger partial charge in [-0.25, -0.2) is 10.5 Å². The highest BCUT2D eigenvalue weighted by Gasteiger charge is 2.12. The summed E-state index contributed by atoms with van der Waals surface area (Å²) < 4.78 is 5.44. The van der Waals surface area contributed by atoms with Crippen LogP contribution in [-0.4, -0.2) is 52.3 Å². The molecule has 1 amide bonds. The number of morpholine rings is 1. The van der Waals surface area contributed by atoms with E-state index in [0.717, 1.165) is 60.8 Å². The molecule has 1 aliphatic heterocycles. The van der Waals surface area contributed by atoms with E-state index >= 15 is 0 Å². The van der Waals surface area contributed by atoms with Crippen molar-refractivity contribution in [3.8, 4) is 22.5 Å². The molecule has 0 spiro atoms. The number of imidazole rings is 1. The molecule has 0 saturated carbocycles. The number of rotatable bonds is 5. The first-order valence-electron chi connectivity index (χ1n) is 10.6. The summed E-state index contributed by atoms with van der Waals surface area (Å²) in [6, 6.07) is 22.0. The van der Waals surface area contributed by atoms with Crippen molar-refractivity contribution in [1.82, 2.24) is 20.3 Å². The molecule has 0 radical (unpaired) electrons. The summed E-state index contributed by atoms with van der Waals surface area (Å²) in [5.74, 6) is 0.178. The third-order valence-corrected chi connectivity index (χ3v) is 5.77. The highest BCUT2D eigenvalue weighted by atomic mass is 16.5.